The summed E-state index contributed by atoms with van der Waals surface area (Å²) < 4.78 is 14.1. The van der Waals surface area contributed by atoms with Crippen molar-refractivity contribution in [3.05, 3.63) is 72.8 Å². The Kier molecular flexibility index (Phi) is 3.90. The predicted molar refractivity (Wildman–Crippen MR) is 113 cm³/mol. The molecule has 5 aromatic rings. The molecule has 0 atom stereocenters. The molecule has 0 aliphatic heterocycles. The molecule has 2 heterocycles. The number of pyridine rings is 1. The molecule has 0 bridgehead atoms. The van der Waals surface area contributed by atoms with E-state index in [1.165, 1.54) is 0 Å². The Morgan fingerprint density at radius 3 is 2.39 bits per heavy atom. The molecule has 0 fully saturated rings. The minimum atomic E-state index is 0.659. The van der Waals surface area contributed by atoms with Crippen LogP contribution in [0.15, 0.2) is 77.2 Å². The highest BCUT2D eigenvalue weighted by molar-refractivity contribution is 6.11. The van der Waals surface area contributed by atoms with Crippen molar-refractivity contribution in [3.63, 3.8) is 0 Å². The highest BCUT2D eigenvalue weighted by atomic mass is 16.5. The minimum absolute atomic E-state index is 0.659. The van der Waals surface area contributed by atoms with Crippen LogP contribution in [-0.2, 0) is 7.05 Å². The van der Waals surface area contributed by atoms with Gasteiger partial charge in [-0.25, -0.2) is 0 Å². The molecule has 28 heavy (non-hydrogen) atoms. The maximum Gasteiger partial charge on any atom is 0.261 e. The molecule has 0 saturated heterocycles. The van der Waals surface area contributed by atoms with Crippen molar-refractivity contribution in [2.24, 2.45) is 7.05 Å². The third-order valence-corrected chi connectivity index (χ3v) is 5.10. The average molecular weight is 369 g/mol. The number of furan rings is 1. The maximum absolute atomic E-state index is 6.30. The molecule has 138 valence electrons. The number of nitrogens with one attached hydrogen (secondary N) is 1. The van der Waals surface area contributed by atoms with Crippen molar-refractivity contribution in [1.29, 1.82) is 0 Å². The van der Waals surface area contributed by atoms with Crippen LogP contribution in [0.3, 0.4) is 0 Å². The largest absolute Gasteiger partial charge is 0.494 e. The van der Waals surface area contributed by atoms with E-state index in [1.54, 1.807) is 0 Å². The molecular weight excluding hydrogens is 348 g/mol. The van der Waals surface area contributed by atoms with E-state index in [0.717, 1.165) is 50.1 Å². The van der Waals surface area contributed by atoms with Crippen LogP contribution in [0.5, 0.6) is 5.75 Å². The number of aryl methyl sites for hydroxylation is 1. The van der Waals surface area contributed by atoms with Gasteiger partial charge < -0.3 is 14.5 Å². The van der Waals surface area contributed by atoms with E-state index in [-0.39, 0.29) is 0 Å². The zero-order chi connectivity index (χ0) is 19.1. The lowest BCUT2D eigenvalue weighted by molar-refractivity contribution is -0.616. The van der Waals surface area contributed by atoms with Gasteiger partial charge in [0.1, 0.15) is 24.1 Å². The number of rotatable bonds is 4. The first-order valence-corrected chi connectivity index (χ1v) is 9.48. The van der Waals surface area contributed by atoms with E-state index >= 15 is 0 Å². The maximum atomic E-state index is 6.30. The summed E-state index contributed by atoms with van der Waals surface area (Å²) >= 11 is 0. The average Bonchev–Trinajstić information content (AvgIpc) is 3.12. The number of benzene rings is 3. The van der Waals surface area contributed by atoms with Crippen LogP contribution in [0.25, 0.3) is 33.0 Å². The first-order chi connectivity index (χ1) is 13.8. The van der Waals surface area contributed by atoms with Crippen LogP contribution in [0.1, 0.15) is 6.92 Å². The molecule has 5 rings (SSSR count). The minimum Gasteiger partial charge on any atom is -0.494 e. The number of para-hydroxylation sites is 2. The molecule has 4 heteroatoms. The number of nitrogens with zero attached hydrogens (tertiary/aromatic N) is 1. The second kappa shape index (κ2) is 6.57. The molecule has 0 saturated carbocycles. The molecule has 3 aromatic carbocycles. The quantitative estimate of drug-likeness (QED) is 0.413. The first kappa shape index (κ1) is 16.6. The lowest BCUT2D eigenvalue weighted by Gasteiger charge is -2.10. The van der Waals surface area contributed by atoms with Gasteiger partial charge in [-0.3, -0.25) is 0 Å². The van der Waals surface area contributed by atoms with Crippen LogP contribution < -0.4 is 14.6 Å². The number of ether oxygens (including phenoxy) is 1. The van der Waals surface area contributed by atoms with E-state index in [0.29, 0.717) is 6.61 Å². The highest BCUT2D eigenvalue weighted by Crippen LogP contribution is 2.37. The van der Waals surface area contributed by atoms with Crippen LogP contribution in [0.4, 0.5) is 11.4 Å². The molecule has 2 aromatic heterocycles. The Labute approximate surface area is 163 Å². The van der Waals surface area contributed by atoms with Crippen molar-refractivity contribution in [2.75, 3.05) is 11.9 Å². The van der Waals surface area contributed by atoms with Crippen LogP contribution in [-0.4, -0.2) is 6.61 Å². The van der Waals surface area contributed by atoms with Crippen molar-refractivity contribution in [1.82, 2.24) is 0 Å². The van der Waals surface area contributed by atoms with Crippen LogP contribution in [0, 0.1) is 0 Å². The van der Waals surface area contributed by atoms with E-state index in [2.05, 4.69) is 47.3 Å². The zero-order valence-electron chi connectivity index (χ0n) is 15.9. The Morgan fingerprint density at radius 1 is 0.893 bits per heavy atom. The van der Waals surface area contributed by atoms with Crippen LogP contribution >= 0.6 is 0 Å². The molecule has 1 N–H and O–H groups in total. The highest BCUT2D eigenvalue weighted by Gasteiger charge is 2.24. The van der Waals surface area contributed by atoms with E-state index < -0.39 is 0 Å². The third-order valence-electron chi connectivity index (χ3n) is 5.10. The molecule has 0 aliphatic carbocycles. The second-order valence-corrected chi connectivity index (χ2v) is 6.81. The normalized spacial score (nSPS) is 11.4. The number of anilines is 2. The summed E-state index contributed by atoms with van der Waals surface area (Å²) in [5.74, 6) is 0.867. The Balaban J connectivity index is 1.77. The van der Waals surface area contributed by atoms with E-state index in [9.17, 15) is 0 Å². The molecular formula is C24H21N2O2+. The fourth-order valence-electron chi connectivity index (χ4n) is 3.82. The zero-order valence-corrected chi connectivity index (χ0v) is 15.9. The van der Waals surface area contributed by atoms with Gasteiger partial charge in [-0.1, -0.05) is 24.3 Å². The number of hydrogen-bond donors (Lipinski definition) is 1. The van der Waals surface area contributed by atoms with Crippen molar-refractivity contribution >= 4 is 44.3 Å². The van der Waals surface area contributed by atoms with Gasteiger partial charge in [-0.05, 0) is 49.4 Å². The van der Waals surface area contributed by atoms with Gasteiger partial charge in [-0.15, -0.1) is 0 Å². The Morgan fingerprint density at radius 2 is 1.61 bits per heavy atom. The molecule has 0 unspecified atom stereocenters. The molecule has 0 radical (unpaired) electrons. The van der Waals surface area contributed by atoms with Gasteiger partial charge in [0.25, 0.3) is 5.52 Å². The van der Waals surface area contributed by atoms with Gasteiger partial charge in [0.2, 0.25) is 11.1 Å². The van der Waals surface area contributed by atoms with Gasteiger partial charge in [-0.2, -0.15) is 4.57 Å². The predicted octanol–water partition coefficient (Wildman–Crippen LogP) is 5.71. The second-order valence-electron chi connectivity index (χ2n) is 6.81. The van der Waals surface area contributed by atoms with Gasteiger partial charge in [0.15, 0.2) is 0 Å². The summed E-state index contributed by atoms with van der Waals surface area (Å²) in [4.78, 5) is 0. The smallest absolute Gasteiger partial charge is 0.261 e. The van der Waals surface area contributed by atoms with Gasteiger partial charge in [0.05, 0.1) is 17.4 Å². The number of hydrogen-bond acceptors (Lipinski definition) is 3. The summed E-state index contributed by atoms with van der Waals surface area (Å²) in [6, 6.07) is 24.6. The summed E-state index contributed by atoms with van der Waals surface area (Å²) in [6.07, 6.45) is 0. The van der Waals surface area contributed by atoms with Crippen molar-refractivity contribution in [2.45, 2.75) is 6.92 Å². The van der Waals surface area contributed by atoms with Gasteiger partial charge in [0, 0.05) is 11.8 Å². The molecule has 0 aliphatic rings. The molecule has 0 amide bonds. The van der Waals surface area contributed by atoms with Crippen molar-refractivity contribution < 1.29 is 13.7 Å². The standard InChI is InChI=1S/C24H20N2O2/c1-3-27-17-14-12-16(13-15-17)25-22-18-8-4-6-10-20(18)26(2)23-19-9-5-7-11-21(19)28-24(22)23/h4-15H,3H2,1-2H3/p+1. The summed E-state index contributed by atoms with van der Waals surface area (Å²) in [6.45, 7) is 2.65. The summed E-state index contributed by atoms with van der Waals surface area (Å²) in [5, 5.41) is 5.81. The monoisotopic (exact) mass is 369 g/mol. The summed E-state index contributed by atoms with van der Waals surface area (Å²) in [7, 11) is 2.09. The SMILES string of the molecule is CCOc1ccc(Nc2c3ccccc3[n+](C)c3c2oc2ccccc23)cc1. The van der Waals surface area contributed by atoms with Crippen LogP contribution in [0.2, 0.25) is 0 Å². The Hall–Kier alpha value is -3.53. The van der Waals surface area contributed by atoms with Crippen molar-refractivity contribution in [3.8, 4) is 5.75 Å². The molecule has 4 nitrogen and oxygen atoms in total. The lowest BCUT2D eigenvalue weighted by atomic mass is 10.1. The lowest BCUT2D eigenvalue weighted by Crippen LogP contribution is -2.30. The van der Waals surface area contributed by atoms with E-state index in [1.807, 2.05) is 49.4 Å². The Bertz CT molecular complexity index is 1300. The topological polar surface area (TPSA) is 38.3 Å². The van der Waals surface area contributed by atoms with Gasteiger partial charge >= 0.3 is 0 Å². The number of fused-ring (bicyclic) bond motifs is 4. The fourth-order valence-corrected chi connectivity index (χ4v) is 3.82. The molecule has 0 spiro atoms. The van der Waals surface area contributed by atoms with E-state index in [4.69, 9.17) is 9.15 Å². The first-order valence-electron chi connectivity index (χ1n) is 9.48. The summed E-state index contributed by atoms with van der Waals surface area (Å²) in [5.41, 5.74) is 5.94. The number of aromatic nitrogens is 1. The third kappa shape index (κ3) is 2.57. The fraction of sp³-hybridized carbons (Fsp3) is 0.125.